The number of pyridine rings is 1. The Balaban J connectivity index is 2.12. The first-order valence-electron chi connectivity index (χ1n) is 6.91. The van der Waals surface area contributed by atoms with Crippen LogP contribution in [0.2, 0.25) is 0 Å². The number of aromatic nitrogens is 3. The molecule has 3 aromatic rings. The highest BCUT2D eigenvalue weighted by Crippen LogP contribution is 2.20. The van der Waals surface area contributed by atoms with Gasteiger partial charge in [0.1, 0.15) is 0 Å². The lowest BCUT2D eigenvalue weighted by Crippen LogP contribution is -2.27. The van der Waals surface area contributed by atoms with E-state index in [0.717, 1.165) is 11.3 Å². The van der Waals surface area contributed by atoms with Crippen molar-refractivity contribution in [1.29, 1.82) is 5.26 Å². The van der Waals surface area contributed by atoms with Crippen LogP contribution in [0.25, 0.3) is 16.9 Å². The maximum Gasteiger partial charge on any atom is 0.350 e. The van der Waals surface area contributed by atoms with Gasteiger partial charge in [-0.05, 0) is 29.2 Å². The van der Waals surface area contributed by atoms with Gasteiger partial charge in [0, 0.05) is 18.1 Å². The third-order valence-corrected chi connectivity index (χ3v) is 3.35. The highest BCUT2D eigenvalue weighted by molar-refractivity contribution is 5.91. The van der Waals surface area contributed by atoms with Crippen LogP contribution in [0.1, 0.15) is 18.9 Å². The number of hydrogen-bond acceptors (Lipinski definition) is 3. The molecule has 22 heavy (non-hydrogen) atoms. The minimum atomic E-state index is -0.0503. The summed E-state index contributed by atoms with van der Waals surface area (Å²) in [6.07, 6.45) is 2.01. The zero-order valence-corrected chi connectivity index (χ0v) is 12.0. The van der Waals surface area contributed by atoms with Gasteiger partial charge in [-0.1, -0.05) is 6.92 Å². The number of carbonyl (C=O) groups is 1. The Morgan fingerprint density at radius 2 is 2.14 bits per heavy atom. The van der Waals surface area contributed by atoms with Crippen LogP contribution in [0.5, 0.6) is 0 Å². The lowest BCUT2D eigenvalue weighted by atomic mass is 10.1. The molecule has 6 heteroatoms. The zero-order valence-electron chi connectivity index (χ0n) is 12.0. The first-order chi connectivity index (χ1) is 10.7. The molecule has 0 bridgehead atoms. The zero-order chi connectivity index (χ0) is 15.5. The molecule has 1 amide bonds. The molecule has 1 aromatic carbocycles. The second kappa shape index (κ2) is 5.66. The van der Waals surface area contributed by atoms with Crippen LogP contribution in [0, 0.1) is 11.3 Å². The van der Waals surface area contributed by atoms with E-state index in [9.17, 15) is 4.79 Å². The number of anilines is 1. The summed E-state index contributed by atoms with van der Waals surface area (Å²) in [6.45, 7) is 1.80. The van der Waals surface area contributed by atoms with Crippen LogP contribution in [-0.2, 0) is 4.79 Å². The van der Waals surface area contributed by atoms with E-state index in [1.165, 1.54) is 0 Å². The Morgan fingerprint density at radius 1 is 1.36 bits per heavy atom. The molecule has 0 unspecified atom stereocenters. The highest BCUT2D eigenvalue weighted by Gasteiger charge is 2.16. The number of H-pyrrole nitrogens is 1. The minimum absolute atomic E-state index is 0.0503. The van der Waals surface area contributed by atoms with Crippen molar-refractivity contribution in [3.63, 3.8) is 0 Å². The minimum Gasteiger partial charge on any atom is -0.326 e. The summed E-state index contributed by atoms with van der Waals surface area (Å²) in [7, 11) is 0. The van der Waals surface area contributed by atoms with E-state index in [2.05, 4.69) is 21.5 Å². The number of amides is 1. The Bertz CT molecular complexity index is 874. The van der Waals surface area contributed by atoms with Crippen LogP contribution in [0.15, 0.2) is 42.7 Å². The topological polar surface area (TPSA) is 85.7 Å². The molecule has 2 heterocycles. The number of nitrogens with one attached hydrogen (secondary N) is 2. The average Bonchev–Trinajstić information content (AvgIpc) is 3.02. The molecular weight excluding hydrogens is 278 g/mol. The average molecular weight is 292 g/mol. The molecule has 0 saturated carbocycles. The van der Waals surface area contributed by atoms with E-state index < -0.39 is 0 Å². The third kappa shape index (κ3) is 2.52. The highest BCUT2D eigenvalue weighted by atomic mass is 16.1. The second-order valence-electron chi connectivity index (χ2n) is 4.80. The van der Waals surface area contributed by atoms with Crippen LogP contribution in [0.4, 0.5) is 5.69 Å². The van der Waals surface area contributed by atoms with E-state index in [1.807, 2.05) is 22.7 Å². The van der Waals surface area contributed by atoms with Crippen molar-refractivity contribution in [3.05, 3.63) is 48.3 Å². The maximum absolute atomic E-state index is 11.6. The fourth-order valence-corrected chi connectivity index (χ4v) is 2.21. The molecule has 0 aliphatic rings. The predicted octanol–water partition coefficient (Wildman–Crippen LogP) is 2.04. The van der Waals surface area contributed by atoms with Crippen LogP contribution in [-0.4, -0.2) is 16.0 Å². The van der Waals surface area contributed by atoms with Crippen molar-refractivity contribution in [2.45, 2.75) is 13.3 Å². The Kier molecular flexibility index (Phi) is 3.54. The lowest BCUT2D eigenvalue weighted by Gasteiger charge is -2.05. The van der Waals surface area contributed by atoms with Crippen molar-refractivity contribution in [1.82, 2.24) is 10.1 Å². The Labute approximate surface area is 127 Å². The van der Waals surface area contributed by atoms with Gasteiger partial charge in [-0.2, -0.15) is 10.4 Å². The van der Waals surface area contributed by atoms with E-state index in [0.29, 0.717) is 23.3 Å². The van der Waals surface area contributed by atoms with Crippen molar-refractivity contribution in [2.75, 3.05) is 5.32 Å². The van der Waals surface area contributed by atoms with Gasteiger partial charge < -0.3 is 5.32 Å². The number of carbonyl (C=O) groups excluding carboxylic acids is 1. The molecular formula is C16H14N5O+. The molecule has 0 atom stereocenters. The van der Waals surface area contributed by atoms with Crippen molar-refractivity contribution >= 4 is 17.2 Å². The van der Waals surface area contributed by atoms with E-state index in [-0.39, 0.29) is 5.91 Å². The van der Waals surface area contributed by atoms with Crippen molar-refractivity contribution in [2.24, 2.45) is 0 Å². The van der Waals surface area contributed by atoms with Gasteiger partial charge in [0.05, 0.1) is 23.4 Å². The molecule has 0 spiro atoms. The monoisotopic (exact) mass is 292 g/mol. The van der Waals surface area contributed by atoms with Gasteiger partial charge >= 0.3 is 5.65 Å². The molecule has 2 aromatic heterocycles. The van der Waals surface area contributed by atoms with Crippen LogP contribution in [0.3, 0.4) is 0 Å². The van der Waals surface area contributed by atoms with E-state index in [1.54, 1.807) is 31.5 Å². The first-order valence-corrected chi connectivity index (χ1v) is 6.91. The fourth-order valence-electron chi connectivity index (χ4n) is 2.21. The standard InChI is InChI=1S/C16H13N5O/c1-2-16(22)20-13-7-14(21-15(8-13)18-10-19-21)12-5-3-11(9-17)4-6-12/h3-8,10H,2H2,1H3,(H,18,19,20,22)/p+1. The Hall–Kier alpha value is -3.20. The van der Waals surface area contributed by atoms with Crippen molar-refractivity contribution < 1.29 is 9.31 Å². The number of nitrogens with zero attached hydrogens (tertiary/aromatic N) is 3. The third-order valence-electron chi connectivity index (χ3n) is 3.35. The maximum atomic E-state index is 11.6. The molecule has 0 aliphatic carbocycles. The van der Waals surface area contributed by atoms with Crippen molar-refractivity contribution in [3.8, 4) is 17.3 Å². The number of aromatic amines is 1. The summed E-state index contributed by atoms with van der Waals surface area (Å²) in [4.78, 5) is 15.8. The van der Waals surface area contributed by atoms with Gasteiger partial charge in [0.25, 0.3) is 0 Å². The fraction of sp³-hybridized carbons (Fsp3) is 0.125. The summed E-state index contributed by atoms with van der Waals surface area (Å²) in [5.74, 6) is -0.0503. The molecule has 0 fully saturated rings. The smallest absolute Gasteiger partial charge is 0.326 e. The van der Waals surface area contributed by atoms with Gasteiger partial charge in [-0.3, -0.25) is 4.79 Å². The summed E-state index contributed by atoms with van der Waals surface area (Å²) in [6, 6.07) is 13.0. The summed E-state index contributed by atoms with van der Waals surface area (Å²) in [5.41, 5.74) is 3.77. The van der Waals surface area contributed by atoms with Gasteiger partial charge in [-0.25, -0.2) is 0 Å². The quantitative estimate of drug-likeness (QED) is 0.724. The van der Waals surface area contributed by atoms with Crippen LogP contribution >= 0.6 is 0 Å². The van der Waals surface area contributed by atoms with E-state index >= 15 is 0 Å². The normalized spacial score (nSPS) is 10.4. The number of hydrogen-bond donors (Lipinski definition) is 2. The predicted molar refractivity (Wildman–Crippen MR) is 80.8 cm³/mol. The van der Waals surface area contributed by atoms with Gasteiger partial charge in [-0.15, -0.1) is 4.52 Å². The summed E-state index contributed by atoms with van der Waals surface area (Å²) >= 11 is 0. The molecule has 0 saturated heterocycles. The van der Waals surface area contributed by atoms with Gasteiger partial charge in [0.15, 0.2) is 5.69 Å². The Morgan fingerprint density at radius 3 is 2.82 bits per heavy atom. The summed E-state index contributed by atoms with van der Waals surface area (Å²) in [5, 5.41) is 14.8. The largest absolute Gasteiger partial charge is 0.350 e. The molecule has 6 nitrogen and oxygen atoms in total. The number of benzene rings is 1. The second-order valence-corrected chi connectivity index (χ2v) is 4.80. The molecule has 0 radical (unpaired) electrons. The lowest BCUT2D eigenvalue weighted by molar-refractivity contribution is -0.565. The van der Waals surface area contributed by atoms with Crippen LogP contribution < -0.4 is 9.83 Å². The first kappa shape index (κ1) is 13.8. The summed E-state index contributed by atoms with van der Waals surface area (Å²) < 4.78 is 1.82. The molecule has 108 valence electrons. The SMILES string of the molecule is CCC(=O)Nc1cc(-c2ccc(C#N)cc2)[n+]2[nH]cnc2c1. The van der Waals surface area contributed by atoms with Gasteiger partial charge in [0.2, 0.25) is 12.2 Å². The van der Waals surface area contributed by atoms with E-state index in [4.69, 9.17) is 5.26 Å². The molecule has 3 rings (SSSR count). The molecule has 0 aliphatic heterocycles. The number of nitriles is 1. The number of rotatable bonds is 3. The number of fused-ring (bicyclic) bond motifs is 1. The molecule has 2 N–H and O–H groups in total.